The molecule has 0 radical (unpaired) electrons. The maximum Gasteiger partial charge on any atom is 0.252 e. The van der Waals surface area contributed by atoms with Crippen molar-refractivity contribution >= 4 is 11.8 Å². The first-order valence-electron chi connectivity index (χ1n) is 5.19. The van der Waals surface area contributed by atoms with Crippen molar-refractivity contribution in [1.82, 2.24) is 5.32 Å². The van der Waals surface area contributed by atoms with Crippen LogP contribution in [-0.4, -0.2) is 18.4 Å². The Hall–Kier alpha value is -1.84. The fourth-order valence-corrected chi connectivity index (χ4v) is 1.29. The minimum atomic E-state index is -0.588. The fraction of sp³-hybridized carbons (Fsp3) is 0.333. The van der Waals surface area contributed by atoms with E-state index in [1.807, 2.05) is 13.8 Å². The van der Waals surface area contributed by atoms with E-state index in [9.17, 15) is 9.59 Å². The Morgan fingerprint density at radius 1 is 1.25 bits per heavy atom. The predicted molar refractivity (Wildman–Crippen MR) is 62.1 cm³/mol. The van der Waals surface area contributed by atoms with Crippen LogP contribution in [0.2, 0.25) is 0 Å². The van der Waals surface area contributed by atoms with Crippen LogP contribution >= 0.6 is 0 Å². The number of nitrogens with one attached hydrogen (secondary N) is 1. The molecule has 0 aliphatic rings. The van der Waals surface area contributed by atoms with Gasteiger partial charge in [-0.05, 0) is 18.1 Å². The summed E-state index contributed by atoms with van der Waals surface area (Å²) in [6.45, 7) is 4.58. The molecule has 1 aromatic rings. The number of hydrogen-bond donors (Lipinski definition) is 2. The third-order valence-corrected chi connectivity index (χ3v) is 2.11. The summed E-state index contributed by atoms with van der Waals surface area (Å²) in [5.41, 5.74) is 5.77. The quantitative estimate of drug-likeness (QED) is 0.799. The number of amides is 2. The molecular formula is C12H16N2O2. The van der Waals surface area contributed by atoms with Gasteiger partial charge < -0.3 is 11.1 Å². The third kappa shape index (κ3) is 3.08. The molecule has 0 unspecified atom stereocenters. The van der Waals surface area contributed by atoms with Crippen LogP contribution in [0.4, 0.5) is 0 Å². The SMILES string of the molecule is CC(C)CNC(=O)c1ccccc1C(N)=O. The number of carbonyl (C=O) groups is 2. The average Bonchev–Trinajstić information content (AvgIpc) is 2.25. The van der Waals surface area contributed by atoms with Crippen LogP contribution < -0.4 is 11.1 Å². The lowest BCUT2D eigenvalue weighted by Gasteiger charge is -2.09. The van der Waals surface area contributed by atoms with Crippen LogP contribution in [0.1, 0.15) is 34.6 Å². The molecule has 3 N–H and O–H groups in total. The maximum atomic E-state index is 11.8. The molecule has 86 valence electrons. The number of primary amides is 1. The third-order valence-electron chi connectivity index (χ3n) is 2.11. The van der Waals surface area contributed by atoms with Crippen molar-refractivity contribution in [3.63, 3.8) is 0 Å². The lowest BCUT2D eigenvalue weighted by Crippen LogP contribution is -2.29. The Morgan fingerprint density at radius 3 is 2.31 bits per heavy atom. The molecule has 2 amide bonds. The van der Waals surface area contributed by atoms with E-state index in [2.05, 4.69) is 5.32 Å². The van der Waals surface area contributed by atoms with Crippen LogP contribution in [0.25, 0.3) is 0 Å². The van der Waals surface area contributed by atoms with Gasteiger partial charge in [0.2, 0.25) is 5.91 Å². The molecule has 0 aliphatic carbocycles. The zero-order chi connectivity index (χ0) is 12.1. The van der Waals surface area contributed by atoms with Gasteiger partial charge in [-0.25, -0.2) is 0 Å². The highest BCUT2D eigenvalue weighted by atomic mass is 16.2. The van der Waals surface area contributed by atoms with Crippen LogP contribution in [0.5, 0.6) is 0 Å². The summed E-state index contributed by atoms with van der Waals surface area (Å²) in [5.74, 6) is -0.483. The average molecular weight is 220 g/mol. The monoisotopic (exact) mass is 220 g/mol. The Kier molecular flexibility index (Phi) is 4.05. The topological polar surface area (TPSA) is 72.2 Å². The summed E-state index contributed by atoms with van der Waals surface area (Å²) in [6, 6.07) is 6.53. The molecule has 0 aliphatic heterocycles. The van der Waals surface area contributed by atoms with Gasteiger partial charge in [0, 0.05) is 6.54 Å². The molecule has 0 saturated heterocycles. The Labute approximate surface area is 94.8 Å². The molecule has 0 fully saturated rings. The van der Waals surface area contributed by atoms with E-state index < -0.39 is 5.91 Å². The van der Waals surface area contributed by atoms with Crippen LogP contribution in [0, 0.1) is 5.92 Å². The van der Waals surface area contributed by atoms with E-state index >= 15 is 0 Å². The van der Waals surface area contributed by atoms with Crippen molar-refractivity contribution in [2.45, 2.75) is 13.8 Å². The summed E-state index contributed by atoms with van der Waals surface area (Å²) in [7, 11) is 0. The molecule has 16 heavy (non-hydrogen) atoms. The summed E-state index contributed by atoms with van der Waals surface area (Å²) in [4.78, 5) is 22.9. The van der Waals surface area contributed by atoms with E-state index in [-0.39, 0.29) is 11.5 Å². The normalized spacial score (nSPS) is 10.2. The minimum absolute atomic E-state index is 0.253. The molecule has 0 atom stereocenters. The van der Waals surface area contributed by atoms with Gasteiger partial charge in [-0.2, -0.15) is 0 Å². The standard InChI is InChI=1S/C12H16N2O2/c1-8(2)7-14-12(16)10-6-4-3-5-9(10)11(13)15/h3-6,8H,7H2,1-2H3,(H2,13,15)(H,14,16). The fourth-order valence-electron chi connectivity index (χ4n) is 1.29. The molecule has 1 aromatic carbocycles. The van der Waals surface area contributed by atoms with Gasteiger partial charge in [-0.1, -0.05) is 26.0 Å². The van der Waals surface area contributed by atoms with E-state index in [0.29, 0.717) is 18.0 Å². The minimum Gasteiger partial charge on any atom is -0.366 e. The highest BCUT2D eigenvalue weighted by molar-refractivity contribution is 6.06. The number of hydrogen-bond acceptors (Lipinski definition) is 2. The molecule has 0 spiro atoms. The Bertz CT molecular complexity index is 400. The highest BCUT2D eigenvalue weighted by Gasteiger charge is 2.13. The molecule has 0 aromatic heterocycles. The van der Waals surface area contributed by atoms with Gasteiger partial charge in [0.25, 0.3) is 5.91 Å². The largest absolute Gasteiger partial charge is 0.366 e. The summed E-state index contributed by atoms with van der Waals surface area (Å²) >= 11 is 0. The van der Waals surface area contributed by atoms with Crippen LogP contribution in [-0.2, 0) is 0 Å². The summed E-state index contributed by atoms with van der Waals surface area (Å²) < 4.78 is 0. The predicted octanol–water partition coefficient (Wildman–Crippen LogP) is 1.17. The highest BCUT2D eigenvalue weighted by Crippen LogP contribution is 2.07. The van der Waals surface area contributed by atoms with E-state index in [1.54, 1.807) is 24.3 Å². The second kappa shape index (κ2) is 5.30. The van der Waals surface area contributed by atoms with Gasteiger partial charge in [-0.3, -0.25) is 9.59 Å². The van der Waals surface area contributed by atoms with Gasteiger partial charge in [-0.15, -0.1) is 0 Å². The van der Waals surface area contributed by atoms with Crippen molar-refractivity contribution in [3.05, 3.63) is 35.4 Å². The molecule has 0 saturated carbocycles. The Morgan fingerprint density at radius 2 is 1.81 bits per heavy atom. The summed E-state index contributed by atoms with van der Waals surface area (Å²) in [6.07, 6.45) is 0. The number of rotatable bonds is 4. The zero-order valence-electron chi connectivity index (χ0n) is 9.49. The molecule has 1 rings (SSSR count). The Balaban J connectivity index is 2.86. The van der Waals surface area contributed by atoms with Crippen molar-refractivity contribution in [2.24, 2.45) is 11.7 Å². The maximum absolute atomic E-state index is 11.8. The second-order valence-electron chi connectivity index (χ2n) is 4.01. The van der Waals surface area contributed by atoms with Gasteiger partial charge in [0.05, 0.1) is 11.1 Å². The number of nitrogens with two attached hydrogens (primary N) is 1. The summed E-state index contributed by atoms with van der Waals surface area (Å²) in [5, 5.41) is 2.75. The first kappa shape index (κ1) is 12.2. The molecule has 4 heteroatoms. The first-order valence-corrected chi connectivity index (χ1v) is 5.19. The molecule has 0 heterocycles. The lowest BCUT2D eigenvalue weighted by atomic mass is 10.1. The van der Waals surface area contributed by atoms with Crippen LogP contribution in [0.15, 0.2) is 24.3 Å². The van der Waals surface area contributed by atoms with E-state index in [1.165, 1.54) is 0 Å². The molecule has 0 bridgehead atoms. The van der Waals surface area contributed by atoms with Crippen molar-refractivity contribution in [3.8, 4) is 0 Å². The van der Waals surface area contributed by atoms with Crippen molar-refractivity contribution in [1.29, 1.82) is 0 Å². The van der Waals surface area contributed by atoms with E-state index in [4.69, 9.17) is 5.73 Å². The van der Waals surface area contributed by atoms with Gasteiger partial charge in [0.1, 0.15) is 0 Å². The number of benzene rings is 1. The number of carbonyl (C=O) groups excluding carboxylic acids is 2. The van der Waals surface area contributed by atoms with E-state index in [0.717, 1.165) is 0 Å². The van der Waals surface area contributed by atoms with Gasteiger partial charge in [0.15, 0.2) is 0 Å². The van der Waals surface area contributed by atoms with Crippen LogP contribution in [0.3, 0.4) is 0 Å². The van der Waals surface area contributed by atoms with Gasteiger partial charge >= 0.3 is 0 Å². The second-order valence-corrected chi connectivity index (χ2v) is 4.01. The van der Waals surface area contributed by atoms with Crippen molar-refractivity contribution < 1.29 is 9.59 Å². The lowest BCUT2D eigenvalue weighted by molar-refractivity contribution is 0.0932. The first-order chi connectivity index (χ1) is 7.52. The van der Waals surface area contributed by atoms with Crippen molar-refractivity contribution in [2.75, 3.05) is 6.54 Å². The zero-order valence-corrected chi connectivity index (χ0v) is 9.49. The molecule has 4 nitrogen and oxygen atoms in total. The molecular weight excluding hydrogens is 204 g/mol. The smallest absolute Gasteiger partial charge is 0.252 e.